The fraction of sp³-hybridized carbons (Fsp3) is 0.429. The van der Waals surface area contributed by atoms with Crippen LogP contribution in [0.1, 0.15) is 26.2 Å². The third-order valence-corrected chi connectivity index (χ3v) is 3.14. The number of phenolic OH excluding ortho intramolecular Hbond substituents is 1. The van der Waals surface area contributed by atoms with Crippen molar-refractivity contribution >= 4 is 17.6 Å². The van der Waals surface area contributed by atoms with Crippen molar-refractivity contribution in [2.24, 2.45) is 5.41 Å². The number of carbonyl (C=O) groups is 2. The van der Waals surface area contributed by atoms with Gasteiger partial charge in [0, 0.05) is 5.69 Å². The number of nitrogens with one attached hydrogen (secondary N) is 1. The molecule has 0 saturated heterocycles. The van der Waals surface area contributed by atoms with Gasteiger partial charge in [-0.3, -0.25) is 9.59 Å². The minimum absolute atomic E-state index is 0.126. The van der Waals surface area contributed by atoms with Crippen molar-refractivity contribution in [3.8, 4) is 5.75 Å². The van der Waals surface area contributed by atoms with E-state index in [4.69, 9.17) is 9.84 Å². The van der Waals surface area contributed by atoms with Crippen LogP contribution in [0.25, 0.3) is 0 Å². The first-order chi connectivity index (χ1) is 9.08. The lowest BCUT2D eigenvalue weighted by Crippen LogP contribution is -2.33. The Kier molecular flexibility index (Phi) is 3.74. The molecule has 0 bridgehead atoms. The Hall–Kier alpha value is -2.04. The van der Waals surface area contributed by atoms with Crippen LogP contribution in [-0.4, -0.2) is 23.6 Å². The number of aromatic hydroxyl groups is 1. The number of esters is 1. The highest BCUT2D eigenvalue weighted by Gasteiger charge is 2.58. The summed E-state index contributed by atoms with van der Waals surface area (Å²) in [6.45, 7) is 2.25. The van der Waals surface area contributed by atoms with Crippen LogP contribution in [0.4, 0.5) is 5.69 Å². The van der Waals surface area contributed by atoms with Gasteiger partial charge in [-0.2, -0.15) is 0 Å². The van der Waals surface area contributed by atoms with Crippen molar-refractivity contribution in [3.05, 3.63) is 24.3 Å². The predicted octanol–water partition coefficient (Wildman–Crippen LogP) is 2.06. The van der Waals surface area contributed by atoms with E-state index >= 15 is 0 Å². The molecule has 5 heteroatoms. The van der Waals surface area contributed by atoms with E-state index in [2.05, 4.69) is 5.32 Å². The van der Waals surface area contributed by atoms with Crippen LogP contribution < -0.4 is 5.32 Å². The zero-order valence-electron chi connectivity index (χ0n) is 10.8. The Morgan fingerprint density at radius 2 is 1.95 bits per heavy atom. The van der Waals surface area contributed by atoms with Gasteiger partial charge in [0.05, 0.1) is 6.61 Å². The molecule has 0 aliphatic heterocycles. The van der Waals surface area contributed by atoms with E-state index in [1.54, 1.807) is 12.1 Å². The van der Waals surface area contributed by atoms with Crippen molar-refractivity contribution in [2.75, 3.05) is 11.9 Å². The topological polar surface area (TPSA) is 75.6 Å². The lowest BCUT2D eigenvalue weighted by molar-refractivity contribution is -0.153. The number of anilines is 1. The molecule has 0 atom stereocenters. The third kappa shape index (κ3) is 2.86. The summed E-state index contributed by atoms with van der Waals surface area (Å²) in [5.41, 5.74) is -0.454. The molecule has 0 unspecified atom stereocenters. The molecule has 0 heterocycles. The summed E-state index contributed by atoms with van der Waals surface area (Å²) in [4.78, 5) is 24.0. The molecule has 1 fully saturated rings. The lowest BCUT2D eigenvalue weighted by Gasteiger charge is -2.14. The fourth-order valence-electron chi connectivity index (χ4n) is 1.78. The third-order valence-electron chi connectivity index (χ3n) is 3.14. The number of benzene rings is 1. The summed E-state index contributed by atoms with van der Waals surface area (Å²) in [6, 6.07) is 6.12. The highest BCUT2D eigenvalue weighted by Crippen LogP contribution is 2.47. The molecule has 0 radical (unpaired) electrons. The molecule has 2 rings (SSSR count). The van der Waals surface area contributed by atoms with Crippen molar-refractivity contribution in [2.45, 2.75) is 26.2 Å². The quantitative estimate of drug-likeness (QED) is 0.484. The van der Waals surface area contributed by atoms with E-state index < -0.39 is 11.4 Å². The number of amides is 1. The average molecular weight is 263 g/mol. The van der Waals surface area contributed by atoms with Gasteiger partial charge < -0.3 is 15.2 Å². The maximum absolute atomic E-state index is 12.1. The monoisotopic (exact) mass is 263 g/mol. The Bertz CT molecular complexity index is 477. The van der Waals surface area contributed by atoms with Gasteiger partial charge in [0.15, 0.2) is 0 Å². The normalized spacial score (nSPS) is 15.6. The summed E-state index contributed by atoms with van der Waals surface area (Å²) in [6.07, 6.45) is 1.79. The van der Waals surface area contributed by atoms with Crippen LogP contribution >= 0.6 is 0 Å². The van der Waals surface area contributed by atoms with Crippen molar-refractivity contribution < 1.29 is 19.4 Å². The number of ether oxygens (including phenoxy) is 1. The van der Waals surface area contributed by atoms with Crippen LogP contribution in [0.3, 0.4) is 0 Å². The van der Waals surface area contributed by atoms with Crippen molar-refractivity contribution in [1.82, 2.24) is 0 Å². The summed E-state index contributed by atoms with van der Waals surface area (Å²) in [5.74, 6) is -0.647. The fourth-order valence-corrected chi connectivity index (χ4v) is 1.78. The summed E-state index contributed by atoms with van der Waals surface area (Å²) in [5, 5.41) is 11.8. The molecule has 102 valence electrons. The van der Waals surface area contributed by atoms with E-state index in [-0.39, 0.29) is 11.7 Å². The van der Waals surface area contributed by atoms with E-state index in [9.17, 15) is 9.59 Å². The summed E-state index contributed by atoms with van der Waals surface area (Å²) < 4.78 is 5.06. The molecule has 0 aromatic heterocycles. The second-order valence-corrected chi connectivity index (χ2v) is 4.72. The molecule has 5 nitrogen and oxygen atoms in total. The molecule has 0 spiro atoms. The van der Waals surface area contributed by atoms with E-state index in [1.807, 2.05) is 6.92 Å². The van der Waals surface area contributed by atoms with Crippen LogP contribution in [0.2, 0.25) is 0 Å². The number of hydrogen-bond acceptors (Lipinski definition) is 4. The maximum Gasteiger partial charge on any atom is 0.321 e. The summed E-state index contributed by atoms with van der Waals surface area (Å²) >= 11 is 0. The first-order valence-corrected chi connectivity index (χ1v) is 6.36. The molecule has 1 saturated carbocycles. The van der Waals surface area contributed by atoms with E-state index in [0.29, 0.717) is 25.1 Å². The van der Waals surface area contributed by atoms with Gasteiger partial charge in [-0.15, -0.1) is 0 Å². The van der Waals surface area contributed by atoms with Crippen molar-refractivity contribution in [3.63, 3.8) is 0 Å². The zero-order chi connectivity index (χ0) is 13.9. The highest BCUT2D eigenvalue weighted by molar-refractivity contribution is 6.11. The molecule has 1 aliphatic rings. The van der Waals surface area contributed by atoms with Gasteiger partial charge in [-0.25, -0.2) is 0 Å². The van der Waals surface area contributed by atoms with E-state index in [1.165, 1.54) is 12.1 Å². The second kappa shape index (κ2) is 5.30. The molecular weight excluding hydrogens is 246 g/mol. The molecular formula is C14H17NO4. The minimum Gasteiger partial charge on any atom is -0.508 e. The molecule has 1 aromatic carbocycles. The van der Waals surface area contributed by atoms with Gasteiger partial charge >= 0.3 is 5.97 Å². The number of hydrogen-bond donors (Lipinski definition) is 2. The van der Waals surface area contributed by atoms with Gasteiger partial charge in [-0.1, -0.05) is 6.92 Å². The molecule has 1 amide bonds. The Morgan fingerprint density at radius 3 is 2.47 bits per heavy atom. The Balaban J connectivity index is 1.99. The molecule has 1 aliphatic carbocycles. The SMILES string of the molecule is CCCOC(=O)C1(C(=O)Nc2ccc(O)cc2)CC1. The van der Waals surface area contributed by atoms with Crippen LogP contribution in [0.5, 0.6) is 5.75 Å². The predicted molar refractivity (Wildman–Crippen MR) is 69.7 cm³/mol. The molecule has 19 heavy (non-hydrogen) atoms. The summed E-state index contributed by atoms with van der Waals surface area (Å²) in [7, 11) is 0. The molecule has 2 N–H and O–H groups in total. The Morgan fingerprint density at radius 1 is 1.32 bits per heavy atom. The smallest absolute Gasteiger partial charge is 0.321 e. The number of carbonyl (C=O) groups excluding carboxylic acids is 2. The lowest BCUT2D eigenvalue weighted by atomic mass is 10.1. The highest BCUT2D eigenvalue weighted by atomic mass is 16.5. The van der Waals surface area contributed by atoms with Gasteiger partial charge in [0.1, 0.15) is 11.2 Å². The number of rotatable bonds is 5. The first-order valence-electron chi connectivity index (χ1n) is 6.36. The second-order valence-electron chi connectivity index (χ2n) is 4.72. The van der Waals surface area contributed by atoms with Crippen LogP contribution in [-0.2, 0) is 14.3 Å². The van der Waals surface area contributed by atoms with Gasteiger partial charge in [0.2, 0.25) is 5.91 Å². The van der Waals surface area contributed by atoms with Crippen molar-refractivity contribution in [1.29, 1.82) is 0 Å². The standard InChI is InChI=1S/C14H17NO4/c1-2-9-19-13(18)14(7-8-14)12(17)15-10-3-5-11(16)6-4-10/h3-6,16H,2,7-9H2,1H3,(H,15,17). The van der Waals surface area contributed by atoms with Gasteiger partial charge in [-0.05, 0) is 43.5 Å². The van der Waals surface area contributed by atoms with E-state index in [0.717, 1.165) is 6.42 Å². The van der Waals surface area contributed by atoms with Gasteiger partial charge in [0.25, 0.3) is 0 Å². The average Bonchev–Trinajstić information content (AvgIpc) is 3.20. The van der Waals surface area contributed by atoms with Crippen LogP contribution in [0.15, 0.2) is 24.3 Å². The number of phenols is 1. The molecule has 1 aromatic rings. The maximum atomic E-state index is 12.1. The van der Waals surface area contributed by atoms with Crippen LogP contribution in [0, 0.1) is 5.41 Å². The Labute approximate surface area is 111 Å². The first kappa shape index (κ1) is 13.4. The minimum atomic E-state index is -1.01. The zero-order valence-corrected chi connectivity index (χ0v) is 10.8. The largest absolute Gasteiger partial charge is 0.508 e.